The van der Waals surface area contributed by atoms with Crippen molar-refractivity contribution >= 4 is 5.91 Å². The highest BCUT2D eigenvalue weighted by atomic mass is 16.2. The largest absolute Gasteiger partial charge is 0.343 e. The maximum Gasteiger partial charge on any atom is 0.274 e. The molecule has 0 spiro atoms. The van der Waals surface area contributed by atoms with Crippen LogP contribution in [-0.2, 0) is 19.4 Å². The van der Waals surface area contributed by atoms with Crippen molar-refractivity contribution in [3.05, 3.63) is 17.0 Å². The zero-order chi connectivity index (χ0) is 18.0. The predicted octanol–water partition coefficient (Wildman–Crippen LogP) is 3.02. The van der Waals surface area contributed by atoms with E-state index in [4.69, 9.17) is 5.10 Å². The fraction of sp³-hybridized carbons (Fsp3) is 0.800. The summed E-state index contributed by atoms with van der Waals surface area (Å²) in [7, 11) is 3.64. The summed E-state index contributed by atoms with van der Waals surface area (Å²) < 4.78 is 2.19. The van der Waals surface area contributed by atoms with Gasteiger partial charge in [0.15, 0.2) is 5.69 Å². The molecule has 1 fully saturated rings. The van der Waals surface area contributed by atoms with Gasteiger partial charge >= 0.3 is 0 Å². The van der Waals surface area contributed by atoms with Crippen LogP contribution in [0.15, 0.2) is 0 Å². The van der Waals surface area contributed by atoms with E-state index in [1.165, 1.54) is 43.4 Å². The highest BCUT2D eigenvalue weighted by Crippen LogP contribution is 2.30. The molecule has 1 N–H and O–H groups in total. The van der Waals surface area contributed by atoms with E-state index in [9.17, 15) is 4.79 Å². The zero-order valence-electron chi connectivity index (χ0n) is 16.3. The van der Waals surface area contributed by atoms with Gasteiger partial charge in [-0.15, -0.1) is 0 Å². The first-order chi connectivity index (χ1) is 12.0. The molecule has 1 heterocycles. The summed E-state index contributed by atoms with van der Waals surface area (Å²) in [6.07, 6.45) is 9.77. The lowest BCUT2D eigenvalue weighted by molar-refractivity contribution is 0.0819. The van der Waals surface area contributed by atoms with Gasteiger partial charge in [-0.25, -0.2) is 0 Å². The second-order valence-electron chi connectivity index (χ2n) is 8.42. The maximum absolute atomic E-state index is 12.7. The Kier molecular flexibility index (Phi) is 5.82. The Bertz CT molecular complexity index is 599. The van der Waals surface area contributed by atoms with Crippen LogP contribution in [0.1, 0.15) is 74.1 Å². The summed E-state index contributed by atoms with van der Waals surface area (Å²) in [5.41, 5.74) is 3.20. The number of amides is 1. The van der Waals surface area contributed by atoms with Gasteiger partial charge in [0.1, 0.15) is 0 Å². The van der Waals surface area contributed by atoms with Gasteiger partial charge in [0.25, 0.3) is 5.91 Å². The Hall–Kier alpha value is -1.36. The summed E-state index contributed by atoms with van der Waals surface area (Å²) in [6, 6.07) is 0.922. The van der Waals surface area contributed by atoms with Crippen molar-refractivity contribution in [2.24, 2.45) is 5.92 Å². The lowest BCUT2D eigenvalue weighted by Crippen LogP contribution is -2.39. The van der Waals surface area contributed by atoms with Gasteiger partial charge in [0, 0.05) is 44.0 Å². The topological polar surface area (TPSA) is 50.2 Å². The first kappa shape index (κ1) is 18.4. The summed E-state index contributed by atoms with van der Waals surface area (Å²) in [6.45, 7) is 5.37. The molecule has 1 atom stereocenters. The second-order valence-corrected chi connectivity index (χ2v) is 8.42. The molecule has 5 heteroatoms. The SMILES string of the molecule is CC(C)NC1CCc2c(c(C(=O)N(C)C)nn2CC2CCCCC2)C1. The summed E-state index contributed by atoms with van der Waals surface area (Å²) in [4.78, 5) is 14.3. The number of nitrogens with zero attached hydrogens (tertiary/aromatic N) is 3. The van der Waals surface area contributed by atoms with Crippen molar-refractivity contribution in [2.75, 3.05) is 14.1 Å². The molecule has 5 nitrogen and oxygen atoms in total. The van der Waals surface area contributed by atoms with E-state index in [2.05, 4.69) is 23.8 Å². The van der Waals surface area contributed by atoms with E-state index in [-0.39, 0.29) is 5.91 Å². The van der Waals surface area contributed by atoms with E-state index in [0.717, 1.165) is 31.7 Å². The van der Waals surface area contributed by atoms with E-state index < -0.39 is 0 Å². The fourth-order valence-electron chi connectivity index (χ4n) is 4.45. The molecular weight excluding hydrogens is 312 g/mol. The number of rotatable bonds is 5. The molecule has 3 rings (SSSR count). The van der Waals surface area contributed by atoms with E-state index in [0.29, 0.717) is 17.8 Å². The third kappa shape index (κ3) is 4.25. The number of hydrogen-bond donors (Lipinski definition) is 1. The molecule has 0 saturated heterocycles. The lowest BCUT2D eigenvalue weighted by atomic mass is 9.88. The molecule has 0 aliphatic heterocycles. The van der Waals surface area contributed by atoms with Crippen molar-refractivity contribution < 1.29 is 4.79 Å². The van der Waals surface area contributed by atoms with Gasteiger partial charge in [-0.1, -0.05) is 33.1 Å². The van der Waals surface area contributed by atoms with Gasteiger partial charge in [-0.05, 0) is 38.0 Å². The Balaban J connectivity index is 1.86. The lowest BCUT2D eigenvalue weighted by Gasteiger charge is -2.27. The zero-order valence-corrected chi connectivity index (χ0v) is 16.3. The van der Waals surface area contributed by atoms with Crippen LogP contribution in [0.3, 0.4) is 0 Å². The standard InChI is InChI=1S/C20H34N4O/c1-14(2)21-16-10-11-18-17(12-16)19(20(25)23(3)4)22-24(18)13-15-8-6-5-7-9-15/h14-16,21H,5-13H2,1-4H3. The molecule has 25 heavy (non-hydrogen) atoms. The molecule has 1 saturated carbocycles. The van der Waals surface area contributed by atoms with Gasteiger partial charge in [0.2, 0.25) is 0 Å². The third-order valence-electron chi connectivity index (χ3n) is 5.68. The molecule has 0 radical (unpaired) electrons. The van der Waals surface area contributed by atoms with Crippen LogP contribution in [0.4, 0.5) is 0 Å². The van der Waals surface area contributed by atoms with Gasteiger partial charge in [-0.3, -0.25) is 9.48 Å². The summed E-state index contributed by atoms with van der Waals surface area (Å²) in [5, 5.41) is 8.47. The molecule has 140 valence electrons. The van der Waals surface area contributed by atoms with Gasteiger partial charge in [0.05, 0.1) is 0 Å². The van der Waals surface area contributed by atoms with Crippen LogP contribution < -0.4 is 5.32 Å². The quantitative estimate of drug-likeness (QED) is 0.891. The molecule has 1 amide bonds. The van der Waals surface area contributed by atoms with E-state index >= 15 is 0 Å². The second kappa shape index (κ2) is 7.90. The van der Waals surface area contributed by atoms with Crippen molar-refractivity contribution in [1.29, 1.82) is 0 Å². The number of carbonyl (C=O) groups excluding carboxylic acids is 1. The van der Waals surface area contributed by atoms with Crippen LogP contribution in [0, 0.1) is 5.92 Å². The maximum atomic E-state index is 12.7. The van der Waals surface area contributed by atoms with Gasteiger partial charge in [-0.2, -0.15) is 5.10 Å². The molecule has 1 unspecified atom stereocenters. The number of aromatic nitrogens is 2. The molecule has 1 aromatic rings. The van der Waals surface area contributed by atoms with Crippen molar-refractivity contribution in [2.45, 2.75) is 83.8 Å². The number of fused-ring (bicyclic) bond motifs is 1. The highest BCUT2D eigenvalue weighted by Gasteiger charge is 2.30. The number of hydrogen-bond acceptors (Lipinski definition) is 3. The average Bonchev–Trinajstić information content (AvgIpc) is 2.92. The van der Waals surface area contributed by atoms with Crippen LogP contribution in [-0.4, -0.2) is 46.8 Å². The summed E-state index contributed by atoms with van der Waals surface area (Å²) in [5.74, 6) is 0.774. The Labute approximate surface area is 152 Å². The van der Waals surface area contributed by atoms with Crippen LogP contribution in [0.2, 0.25) is 0 Å². The van der Waals surface area contributed by atoms with E-state index in [1.807, 2.05) is 14.1 Å². The Morgan fingerprint density at radius 3 is 2.60 bits per heavy atom. The number of carbonyl (C=O) groups is 1. The molecule has 0 bridgehead atoms. The minimum Gasteiger partial charge on any atom is -0.343 e. The molecule has 0 aromatic carbocycles. The van der Waals surface area contributed by atoms with Crippen LogP contribution in [0.5, 0.6) is 0 Å². The first-order valence-corrected chi connectivity index (χ1v) is 10.0. The third-order valence-corrected chi connectivity index (χ3v) is 5.68. The predicted molar refractivity (Wildman–Crippen MR) is 101 cm³/mol. The minimum absolute atomic E-state index is 0.0452. The Morgan fingerprint density at radius 2 is 1.96 bits per heavy atom. The van der Waals surface area contributed by atoms with Crippen molar-refractivity contribution in [1.82, 2.24) is 20.0 Å². The Morgan fingerprint density at radius 1 is 1.24 bits per heavy atom. The number of nitrogens with one attached hydrogen (secondary N) is 1. The highest BCUT2D eigenvalue weighted by molar-refractivity contribution is 5.93. The molecule has 2 aliphatic rings. The fourth-order valence-corrected chi connectivity index (χ4v) is 4.45. The van der Waals surface area contributed by atoms with Gasteiger partial charge < -0.3 is 10.2 Å². The monoisotopic (exact) mass is 346 g/mol. The normalized spacial score (nSPS) is 21.4. The van der Waals surface area contributed by atoms with Crippen molar-refractivity contribution in [3.8, 4) is 0 Å². The van der Waals surface area contributed by atoms with E-state index in [1.54, 1.807) is 4.90 Å². The van der Waals surface area contributed by atoms with Crippen LogP contribution in [0.25, 0.3) is 0 Å². The average molecular weight is 347 g/mol. The first-order valence-electron chi connectivity index (χ1n) is 10.0. The molecular formula is C20H34N4O. The smallest absolute Gasteiger partial charge is 0.274 e. The summed E-state index contributed by atoms with van der Waals surface area (Å²) >= 11 is 0. The molecule has 2 aliphatic carbocycles. The molecule has 1 aromatic heterocycles. The minimum atomic E-state index is 0.0452. The van der Waals surface area contributed by atoms with Crippen molar-refractivity contribution in [3.63, 3.8) is 0 Å². The van der Waals surface area contributed by atoms with Crippen LogP contribution >= 0.6 is 0 Å².